The topological polar surface area (TPSA) is 84.3 Å². The monoisotopic (exact) mass is 253 g/mol. The number of carboxylic acids is 1. The molecule has 18 heavy (non-hydrogen) atoms. The van der Waals surface area contributed by atoms with E-state index in [4.69, 9.17) is 9.84 Å². The van der Waals surface area contributed by atoms with Crippen LogP contribution in [0.25, 0.3) is 0 Å². The zero-order valence-corrected chi connectivity index (χ0v) is 10.9. The highest BCUT2D eigenvalue weighted by Crippen LogP contribution is 2.12. The third-order valence-electron chi connectivity index (χ3n) is 2.23. The first-order valence-corrected chi connectivity index (χ1v) is 5.99. The number of ether oxygens (including phenoxy) is 1. The minimum absolute atomic E-state index is 0.0359. The van der Waals surface area contributed by atoms with Gasteiger partial charge in [0.15, 0.2) is 0 Å². The zero-order valence-electron chi connectivity index (χ0n) is 10.9. The summed E-state index contributed by atoms with van der Waals surface area (Å²) in [4.78, 5) is 18.9. The van der Waals surface area contributed by atoms with Crippen molar-refractivity contribution < 1.29 is 14.6 Å². The average Bonchev–Trinajstić information content (AvgIpc) is 2.27. The van der Waals surface area contributed by atoms with E-state index in [1.165, 1.54) is 0 Å². The Hall–Kier alpha value is -1.85. The minimum Gasteiger partial charge on any atom is -0.481 e. The molecule has 0 saturated carbocycles. The van der Waals surface area contributed by atoms with Gasteiger partial charge in [-0.15, -0.1) is 0 Å². The fraction of sp³-hybridized carbons (Fsp3) is 0.583. The third-order valence-corrected chi connectivity index (χ3v) is 2.23. The molecule has 0 aliphatic heterocycles. The van der Waals surface area contributed by atoms with Crippen molar-refractivity contribution in [2.45, 2.75) is 45.8 Å². The molecule has 1 aromatic rings. The molecule has 1 heterocycles. The minimum atomic E-state index is -0.844. The summed E-state index contributed by atoms with van der Waals surface area (Å²) < 4.78 is 5.44. The van der Waals surface area contributed by atoms with Crippen molar-refractivity contribution >= 4 is 11.9 Å². The molecule has 0 saturated heterocycles. The number of nitrogens with zero attached hydrogens (tertiary/aromatic N) is 2. The number of aliphatic carboxylic acids is 1. The molecular weight excluding hydrogens is 234 g/mol. The molecule has 0 bridgehead atoms. The van der Waals surface area contributed by atoms with Crippen LogP contribution in [0.5, 0.6) is 5.88 Å². The van der Waals surface area contributed by atoms with Crippen molar-refractivity contribution in [3.63, 3.8) is 0 Å². The summed E-state index contributed by atoms with van der Waals surface area (Å²) in [5, 5.41) is 11.8. The fourth-order valence-electron chi connectivity index (χ4n) is 1.41. The molecule has 0 aliphatic carbocycles. The number of hydrogen-bond donors (Lipinski definition) is 2. The van der Waals surface area contributed by atoms with Crippen LogP contribution in [-0.2, 0) is 4.79 Å². The Labute approximate surface area is 106 Å². The van der Waals surface area contributed by atoms with Crippen LogP contribution >= 0.6 is 0 Å². The summed E-state index contributed by atoms with van der Waals surface area (Å²) in [6.45, 7) is 5.73. The lowest BCUT2D eigenvalue weighted by Gasteiger charge is -2.15. The maximum atomic E-state index is 10.7. The molecule has 0 amide bonds. The van der Waals surface area contributed by atoms with Crippen molar-refractivity contribution in [2.75, 3.05) is 5.32 Å². The van der Waals surface area contributed by atoms with Crippen LogP contribution in [0.3, 0.4) is 0 Å². The van der Waals surface area contributed by atoms with Crippen LogP contribution in [0.15, 0.2) is 12.3 Å². The Kier molecular flexibility index (Phi) is 5.35. The van der Waals surface area contributed by atoms with Crippen LogP contribution in [0.2, 0.25) is 0 Å². The molecule has 1 unspecified atom stereocenters. The Balaban J connectivity index is 2.67. The van der Waals surface area contributed by atoms with E-state index < -0.39 is 5.97 Å². The first kappa shape index (κ1) is 14.2. The fourth-order valence-corrected chi connectivity index (χ4v) is 1.41. The van der Waals surface area contributed by atoms with E-state index in [2.05, 4.69) is 15.3 Å². The molecule has 1 aromatic heterocycles. The first-order chi connectivity index (χ1) is 8.51. The molecule has 1 rings (SSSR count). The number of anilines is 1. The van der Waals surface area contributed by atoms with E-state index in [0.29, 0.717) is 18.2 Å². The highest BCUT2D eigenvalue weighted by molar-refractivity contribution is 5.68. The molecule has 6 heteroatoms. The van der Waals surface area contributed by atoms with Crippen LogP contribution in [0.1, 0.15) is 33.6 Å². The van der Waals surface area contributed by atoms with Gasteiger partial charge in [-0.1, -0.05) is 6.92 Å². The van der Waals surface area contributed by atoms with E-state index in [9.17, 15) is 4.79 Å². The van der Waals surface area contributed by atoms with Crippen molar-refractivity contribution in [1.29, 1.82) is 0 Å². The Bertz CT molecular complexity index is 396. The van der Waals surface area contributed by atoms with Gasteiger partial charge in [-0.25, -0.2) is 4.98 Å². The van der Waals surface area contributed by atoms with Gasteiger partial charge < -0.3 is 15.2 Å². The standard InChI is InChI=1S/C12H19N3O3/c1-4-9(7-11(16)17)14-12-13-6-5-10(15-12)18-8(2)3/h5-6,8-9H,4,7H2,1-3H3,(H,16,17)(H,13,14,15). The predicted octanol–water partition coefficient (Wildman–Crippen LogP) is 1.93. The van der Waals surface area contributed by atoms with E-state index in [-0.39, 0.29) is 18.6 Å². The third kappa shape index (κ3) is 4.99. The molecule has 0 aromatic carbocycles. The number of nitrogens with one attached hydrogen (secondary N) is 1. The van der Waals surface area contributed by atoms with Gasteiger partial charge in [0.05, 0.1) is 12.5 Å². The Morgan fingerprint density at radius 3 is 2.83 bits per heavy atom. The van der Waals surface area contributed by atoms with Gasteiger partial charge in [-0.3, -0.25) is 4.79 Å². The summed E-state index contributed by atoms with van der Waals surface area (Å²) >= 11 is 0. The van der Waals surface area contributed by atoms with Gasteiger partial charge in [-0.05, 0) is 20.3 Å². The SMILES string of the molecule is CCC(CC(=O)O)Nc1nccc(OC(C)C)n1. The quantitative estimate of drug-likeness (QED) is 0.772. The van der Waals surface area contributed by atoms with Crippen molar-refractivity contribution in [3.8, 4) is 5.88 Å². The molecule has 6 nitrogen and oxygen atoms in total. The lowest BCUT2D eigenvalue weighted by atomic mass is 10.1. The van der Waals surface area contributed by atoms with Crippen LogP contribution in [-0.4, -0.2) is 33.2 Å². The molecule has 0 radical (unpaired) electrons. The van der Waals surface area contributed by atoms with E-state index >= 15 is 0 Å². The van der Waals surface area contributed by atoms with E-state index in [0.717, 1.165) is 0 Å². The van der Waals surface area contributed by atoms with Gasteiger partial charge >= 0.3 is 5.97 Å². The van der Waals surface area contributed by atoms with Gasteiger partial charge in [0.25, 0.3) is 0 Å². The van der Waals surface area contributed by atoms with Crippen molar-refractivity contribution in [1.82, 2.24) is 9.97 Å². The van der Waals surface area contributed by atoms with Gasteiger partial charge in [0.2, 0.25) is 11.8 Å². The van der Waals surface area contributed by atoms with Crippen LogP contribution < -0.4 is 10.1 Å². The second kappa shape index (κ2) is 6.78. The summed E-state index contributed by atoms with van der Waals surface area (Å²) in [7, 11) is 0. The molecule has 0 fully saturated rings. The molecule has 2 N–H and O–H groups in total. The Morgan fingerprint density at radius 1 is 1.56 bits per heavy atom. The van der Waals surface area contributed by atoms with E-state index in [1.54, 1.807) is 12.3 Å². The second-order valence-corrected chi connectivity index (χ2v) is 4.23. The number of carboxylic acid groups (broad SMARTS) is 1. The van der Waals surface area contributed by atoms with Crippen molar-refractivity contribution in [2.24, 2.45) is 0 Å². The Morgan fingerprint density at radius 2 is 2.28 bits per heavy atom. The maximum Gasteiger partial charge on any atom is 0.305 e. The highest BCUT2D eigenvalue weighted by Gasteiger charge is 2.12. The zero-order chi connectivity index (χ0) is 13.5. The second-order valence-electron chi connectivity index (χ2n) is 4.23. The average molecular weight is 253 g/mol. The number of carbonyl (C=O) groups is 1. The summed E-state index contributed by atoms with van der Waals surface area (Å²) in [6.07, 6.45) is 2.34. The summed E-state index contributed by atoms with van der Waals surface area (Å²) in [5.41, 5.74) is 0. The lowest BCUT2D eigenvalue weighted by molar-refractivity contribution is -0.137. The largest absolute Gasteiger partial charge is 0.481 e. The van der Waals surface area contributed by atoms with Crippen molar-refractivity contribution in [3.05, 3.63) is 12.3 Å². The molecule has 1 atom stereocenters. The number of aromatic nitrogens is 2. The normalized spacial score (nSPS) is 12.2. The molecular formula is C12H19N3O3. The molecule has 0 aliphatic rings. The van der Waals surface area contributed by atoms with Gasteiger partial charge in [-0.2, -0.15) is 4.98 Å². The number of hydrogen-bond acceptors (Lipinski definition) is 5. The predicted molar refractivity (Wildman–Crippen MR) is 67.8 cm³/mol. The summed E-state index contributed by atoms with van der Waals surface area (Å²) in [6, 6.07) is 1.49. The van der Waals surface area contributed by atoms with Crippen LogP contribution in [0, 0.1) is 0 Å². The summed E-state index contributed by atoms with van der Waals surface area (Å²) in [5.74, 6) is 0.0258. The van der Waals surface area contributed by atoms with Gasteiger partial charge in [0, 0.05) is 18.3 Å². The molecule has 100 valence electrons. The first-order valence-electron chi connectivity index (χ1n) is 5.99. The molecule has 0 spiro atoms. The lowest BCUT2D eigenvalue weighted by Crippen LogP contribution is -2.23. The van der Waals surface area contributed by atoms with E-state index in [1.807, 2.05) is 20.8 Å². The van der Waals surface area contributed by atoms with Crippen LogP contribution in [0.4, 0.5) is 5.95 Å². The van der Waals surface area contributed by atoms with Gasteiger partial charge in [0.1, 0.15) is 0 Å². The number of rotatable bonds is 7. The maximum absolute atomic E-state index is 10.7. The highest BCUT2D eigenvalue weighted by atomic mass is 16.5. The smallest absolute Gasteiger partial charge is 0.305 e.